The first-order valence-corrected chi connectivity index (χ1v) is 19.6. The molecule has 0 bridgehead atoms. The lowest BCUT2D eigenvalue weighted by molar-refractivity contribution is 0.0979. The van der Waals surface area contributed by atoms with Gasteiger partial charge in [-0.2, -0.15) is 8.42 Å². The Balaban J connectivity index is 2.05. The maximum atomic E-state index is 14.4. The van der Waals surface area contributed by atoms with Crippen molar-refractivity contribution < 1.29 is 34.8 Å². The molecule has 236 valence electrons. The van der Waals surface area contributed by atoms with Gasteiger partial charge in [-0.25, -0.2) is 16.8 Å². The number of rotatable bonds is 10. The molecule has 0 spiro atoms. The summed E-state index contributed by atoms with van der Waals surface area (Å²) in [6.45, 7) is 9.60. The molecule has 4 aromatic rings. The summed E-state index contributed by atoms with van der Waals surface area (Å²) in [6.07, 6.45) is 0. The minimum atomic E-state index is -6.32. The van der Waals surface area contributed by atoms with Crippen molar-refractivity contribution in [1.29, 1.82) is 0 Å². The summed E-state index contributed by atoms with van der Waals surface area (Å²) in [7, 11) is -18.2. The van der Waals surface area contributed by atoms with Gasteiger partial charge in [-0.15, -0.1) is 0 Å². The Morgan fingerprint density at radius 1 is 0.467 bits per heavy atom. The second-order valence-electron chi connectivity index (χ2n) is 11.2. The SMILES string of the molecule is Cc1cc(C)c(C(C(=O)c2ccccc2)S(=O)(=O)S(=O)(=O)S(=O)(=O)C(C(=O)c2ccccc2)c2c(C)cc(C)cc2C)c(C)c1. The second kappa shape index (κ2) is 12.5. The number of carbonyl (C=O) groups is 2. The van der Waals surface area contributed by atoms with Crippen LogP contribution in [0.5, 0.6) is 0 Å². The summed E-state index contributed by atoms with van der Waals surface area (Å²) >= 11 is 0. The highest BCUT2D eigenvalue weighted by atomic mass is 33.6. The fraction of sp³-hybridized carbons (Fsp3) is 0.235. The second-order valence-corrected chi connectivity index (χ2v) is 21.0. The van der Waals surface area contributed by atoms with Gasteiger partial charge in [-0.3, -0.25) is 9.59 Å². The minimum absolute atomic E-state index is 0.125. The fourth-order valence-electron chi connectivity index (χ4n) is 5.90. The zero-order valence-corrected chi connectivity index (χ0v) is 28.2. The third-order valence-electron chi connectivity index (χ3n) is 7.74. The summed E-state index contributed by atoms with van der Waals surface area (Å²) in [4.78, 5) is 28.0. The Bertz CT molecular complexity index is 1940. The molecule has 0 amide bonds. The van der Waals surface area contributed by atoms with Crippen molar-refractivity contribution in [1.82, 2.24) is 0 Å². The molecule has 4 aromatic carbocycles. The molecule has 11 heteroatoms. The summed E-state index contributed by atoms with van der Waals surface area (Å²) in [6, 6.07) is 20.8. The quantitative estimate of drug-likeness (QED) is 0.145. The van der Waals surface area contributed by atoms with Crippen molar-refractivity contribution in [2.45, 2.75) is 52.0 Å². The van der Waals surface area contributed by atoms with Gasteiger partial charge in [0.2, 0.25) is 0 Å². The predicted octanol–water partition coefficient (Wildman–Crippen LogP) is 6.16. The Morgan fingerprint density at radius 2 is 0.733 bits per heavy atom. The zero-order chi connectivity index (χ0) is 33.5. The molecule has 0 N–H and O–H groups in total. The topological polar surface area (TPSA) is 137 Å². The van der Waals surface area contributed by atoms with Gasteiger partial charge in [-0.05, 0) is 74.9 Å². The lowest BCUT2D eigenvalue weighted by atomic mass is 9.93. The lowest BCUT2D eigenvalue weighted by Crippen LogP contribution is -2.38. The van der Waals surface area contributed by atoms with Crippen molar-refractivity contribution in [2.24, 2.45) is 0 Å². The van der Waals surface area contributed by atoms with Crippen LogP contribution >= 0.6 is 0 Å². The van der Waals surface area contributed by atoms with Crippen molar-refractivity contribution in [3.63, 3.8) is 0 Å². The molecule has 0 aliphatic heterocycles. The standard InChI is InChI=1S/C34H34O8S3/c1-21-17-23(3)29(24(4)18-21)33(31(35)27-13-9-7-10-14-27)43(37,38)45(41,42)44(39,40)34(32(36)28-15-11-8-12-16-28)30-25(5)19-22(2)20-26(30)6/h7-20,33-34H,1-6H3. The minimum Gasteiger partial charge on any atom is -0.292 e. The van der Waals surface area contributed by atoms with E-state index in [0.717, 1.165) is 11.1 Å². The molecule has 0 heterocycles. The van der Waals surface area contributed by atoms with Gasteiger partial charge in [-0.1, -0.05) is 96.1 Å². The maximum Gasteiger partial charge on any atom is 0.359 e. The van der Waals surface area contributed by atoms with Gasteiger partial charge in [0.25, 0.3) is 17.7 Å². The summed E-state index contributed by atoms with van der Waals surface area (Å²) in [5.74, 6) is -2.23. The largest absolute Gasteiger partial charge is 0.359 e. The third-order valence-corrected chi connectivity index (χ3v) is 18.9. The van der Waals surface area contributed by atoms with Gasteiger partial charge < -0.3 is 0 Å². The Kier molecular flexibility index (Phi) is 9.40. The van der Waals surface area contributed by atoms with Crippen LogP contribution < -0.4 is 0 Å². The molecule has 45 heavy (non-hydrogen) atoms. The van der Waals surface area contributed by atoms with E-state index in [1.807, 2.05) is 0 Å². The normalized spacial score (nSPS) is 13.6. The molecule has 0 radical (unpaired) electrons. The highest BCUT2D eigenvalue weighted by molar-refractivity contribution is 8.99. The maximum absolute atomic E-state index is 14.4. The van der Waals surface area contributed by atoms with E-state index < -0.39 is 47.7 Å². The molecule has 4 rings (SSSR count). The molecule has 0 aliphatic carbocycles. The van der Waals surface area contributed by atoms with Crippen molar-refractivity contribution in [3.05, 3.63) is 141 Å². The van der Waals surface area contributed by atoms with Crippen LogP contribution in [0.15, 0.2) is 84.9 Å². The number of benzene rings is 4. The predicted molar refractivity (Wildman–Crippen MR) is 175 cm³/mol. The molecule has 0 aromatic heterocycles. The van der Waals surface area contributed by atoms with Crippen LogP contribution in [0.25, 0.3) is 0 Å². The average molecular weight is 667 g/mol. The van der Waals surface area contributed by atoms with E-state index in [0.29, 0.717) is 22.3 Å². The Morgan fingerprint density at radius 3 is 1.00 bits per heavy atom. The van der Waals surface area contributed by atoms with E-state index >= 15 is 0 Å². The smallest absolute Gasteiger partial charge is 0.292 e. The van der Waals surface area contributed by atoms with E-state index in [1.165, 1.54) is 76.2 Å². The van der Waals surface area contributed by atoms with Crippen molar-refractivity contribution >= 4 is 37.2 Å². The van der Waals surface area contributed by atoms with Crippen LogP contribution in [0.1, 0.15) is 75.7 Å². The molecular weight excluding hydrogens is 633 g/mol. The number of hydrogen-bond acceptors (Lipinski definition) is 8. The Labute approximate surface area is 263 Å². The van der Waals surface area contributed by atoms with Crippen LogP contribution in [-0.4, -0.2) is 36.8 Å². The van der Waals surface area contributed by atoms with Crippen LogP contribution in [0, 0.1) is 41.5 Å². The van der Waals surface area contributed by atoms with E-state index in [9.17, 15) is 34.8 Å². The van der Waals surface area contributed by atoms with Crippen molar-refractivity contribution in [2.75, 3.05) is 0 Å². The monoisotopic (exact) mass is 666 g/mol. The molecule has 0 saturated heterocycles. The molecule has 0 saturated carbocycles. The zero-order valence-electron chi connectivity index (χ0n) is 25.7. The van der Waals surface area contributed by atoms with Gasteiger partial charge in [0, 0.05) is 11.1 Å². The van der Waals surface area contributed by atoms with Crippen LogP contribution in [0.3, 0.4) is 0 Å². The van der Waals surface area contributed by atoms with Gasteiger partial charge >= 0.3 is 7.90 Å². The molecular formula is C34H34O8S3. The van der Waals surface area contributed by atoms with Gasteiger partial charge in [0.1, 0.15) is 0 Å². The van der Waals surface area contributed by atoms with E-state index in [2.05, 4.69) is 0 Å². The molecule has 2 unspecified atom stereocenters. The van der Waals surface area contributed by atoms with Gasteiger partial charge in [0.15, 0.2) is 22.1 Å². The highest BCUT2D eigenvalue weighted by Gasteiger charge is 2.56. The number of aryl methyl sites for hydroxylation is 6. The van der Waals surface area contributed by atoms with Crippen LogP contribution in [0.2, 0.25) is 0 Å². The summed E-state index contributed by atoms with van der Waals surface area (Å²) < 4.78 is 86.2. The molecule has 0 fully saturated rings. The van der Waals surface area contributed by atoms with E-state index in [4.69, 9.17) is 0 Å². The van der Waals surface area contributed by atoms with E-state index in [-0.39, 0.29) is 22.3 Å². The summed E-state index contributed by atoms with van der Waals surface area (Å²) in [5.41, 5.74) is 2.10. The average Bonchev–Trinajstić information content (AvgIpc) is 2.96. The molecule has 8 nitrogen and oxygen atoms in total. The first-order chi connectivity index (χ1) is 20.9. The van der Waals surface area contributed by atoms with Gasteiger partial charge in [0.05, 0.1) is 0 Å². The number of carbonyl (C=O) groups excluding carboxylic acids is 2. The first-order valence-electron chi connectivity index (χ1n) is 14.0. The lowest BCUT2D eigenvalue weighted by Gasteiger charge is -2.25. The molecule has 2 atom stereocenters. The van der Waals surface area contributed by atoms with Crippen LogP contribution in [-0.2, 0) is 25.6 Å². The van der Waals surface area contributed by atoms with Crippen LogP contribution in [0.4, 0.5) is 0 Å². The van der Waals surface area contributed by atoms with E-state index in [1.54, 1.807) is 50.2 Å². The first kappa shape index (κ1) is 34.0. The fourth-order valence-corrected chi connectivity index (χ4v) is 15.9. The molecule has 0 aliphatic rings. The highest BCUT2D eigenvalue weighted by Crippen LogP contribution is 2.42. The number of hydrogen-bond donors (Lipinski definition) is 0. The van der Waals surface area contributed by atoms with Crippen molar-refractivity contribution in [3.8, 4) is 0 Å². The number of Topliss-reactive ketones (excluding diaryl/α,β-unsaturated/α-hetero) is 2. The Hall–Kier alpha value is -3.93. The summed E-state index contributed by atoms with van der Waals surface area (Å²) in [5, 5.41) is -4.85. The third kappa shape index (κ3) is 6.04. The number of ketones is 2.